The predicted octanol–water partition coefficient (Wildman–Crippen LogP) is 2.78. The van der Waals surface area contributed by atoms with Crippen LogP contribution in [0.5, 0.6) is 0 Å². The van der Waals surface area contributed by atoms with Crippen molar-refractivity contribution in [3.05, 3.63) is 12.3 Å². The van der Waals surface area contributed by atoms with Gasteiger partial charge in [-0.15, -0.1) is 0 Å². The van der Waals surface area contributed by atoms with Gasteiger partial charge in [-0.3, -0.25) is 4.90 Å². The third-order valence-electron chi connectivity index (χ3n) is 2.44. The van der Waals surface area contributed by atoms with Crippen molar-refractivity contribution in [2.75, 3.05) is 6.61 Å². The fourth-order valence-corrected chi connectivity index (χ4v) is 1.68. The molecular formula is C11H19NO2. The second-order valence-electron chi connectivity index (χ2n) is 4.61. The Morgan fingerprint density at radius 2 is 2.21 bits per heavy atom. The zero-order valence-electron chi connectivity index (χ0n) is 9.41. The third kappa shape index (κ3) is 2.28. The molecule has 0 saturated carbocycles. The van der Waals surface area contributed by atoms with Crippen LogP contribution < -0.4 is 0 Å². The van der Waals surface area contributed by atoms with E-state index in [1.54, 1.807) is 4.90 Å². The Bertz CT molecular complexity index is 240. The van der Waals surface area contributed by atoms with Crippen molar-refractivity contribution in [3.63, 3.8) is 0 Å². The van der Waals surface area contributed by atoms with Crippen molar-refractivity contribution >= 4 is 6.09 Å². The number of nitrogens with zero attached hydrogens (tertiary/aromatic N) is 1. The molecule has 1 aliphatic rings. The third-order valence-corrected chi connectivity index (χ3v) is 2.44. The number of carbonyl (C=O) groups excluding carboxylic acids is 1. The summed E-state index contributed by atoms with van der Waals surface area (Å²) in [5.74, 6) is 0. The Labute approximate surface area is 85.7 Å². The molecule has 1 heterocycles. The van der Waals surface area contributed by atoms with Crippen molar-refractivity contribution in [2.45, 2.75) is 40.2 Å². The first kappa shape index (κ1) is 11.1. The molecule has 0 saturated heterocycles. The van der Waals surface area contributed by atoms with Crippen LogP contribution in [0.4, 0.5) is 4.79 Å². The van der Waals surface area contributed by atoms with Gasteiger partial charge in [-0.25, -0.2) is 4.79 Å². The second-order valence-corrected chi connectivity index (χ2v) is 4.61. The van der Waals surface area contributed by atoms with E-state index in [9.17, 15) is 4.79 Å². The van der Waals surface area contributed by atoms with Crippen molar-refractivity contribution in [2.24, 2.45) is 5.41 Å². The zero-order valence-corrected chi connectivity index (χ0v) is 9.41. The van der Waals surface area contributed by atoms with Gasteiger partial charge in [0, 0.05) is 12.2 Å². The van der Waals surface area contributed by atoms with Gasteiger partial charge in [-0.1, -0.05) is 26.8 Å². The van der Waals surface area contributed by atoms with E-state index in [1.165, 1.54) is 0 Å². The highest BCUT2D eigenvalue weighted by Crippen LogP contribution is 2.31. The summed E-state index contributed by atoms with van der Waals surface area (Å²) in [5, 5.41) is 0. The Hall–Kier alpha value is -0.990. The van der Waals surface area contributed by atoms with Crippen molar-refractivity contribution in [1.29, 1.82) is 0 Å². The van der Waals surface area contributed by atoms with E-state index >= 15 is 0 Å². The van der Waals surface area contributed by atoms with Crippen LogP contribution in [0.15, 0.2) is 12.3 Å². The van der Waals surface area contributed by atoms with Gasteiger partial charge in [0.15, 0.2) is 0 Å². The standard InChI is InChI=1S/C11H19NO2/c1-5-14-10(13)12-8-6-7-9(12)11(2,3)4/h6,8-9H,5,7H2,1-4H3. The Balaban J connectivity index is 2.68. The molecule has 1 atom stereocenters. The smallest absolute Gasteiger partial charge is 0.414 e. The Kier molecular flexibility index (Phi) is 3.19. The number of rotatable bonds is 1. The van der Waals surface area contributed by atoms with E-state index in [0.717, 1.165) is 6.42 Å². The topological polar surface area (TPSA) is 29.5 Å². The molecule has 0 spiro atoms. The van der Waals surface area contributed by atoms with Crippen LogP contribution in [0.25, 0.3) is 0 Å². The van der Waals surface area contributed by atoms with E-state index in [0.29, 0.717) is 6.61 Å². The molecular weight excluding hydrogens is 178 g/mol. The quantitative estimate of drug-likeness (QED) is 0.647. The van der Waals surface area contributed by atoms with Crippen LogP contribution in [0.1, 0.15) is 34.1 Å². The van der Waals surface area contributed by atoms with E-state index in [2.05, 4.69) is 20.8 Å². The normalized spacial score (nSPS) is 21.4. The van der Waals surface area contributed by atoms with Crippen LogP contribution in [0.3, 0.4) is 0 Å². The van der Waals surface area contributed by atoms with Crippen LogP contribution in [-0.4, -0.2) is 23.6 Å². The van der Waals surface area contributed by atoms with Crippen LogP contribution in [0, 0.1) is 5.41 Å². The summed E-state index contributed by atoms with van der Waals surface area (Å²) >= 11 is 0. The van der Waals surface area contributed by atoms with Gasteiger partial charge in [0.05, 0.1) is 6.61 Å². The van der Waals surface area contributed by atoms with E-state index in [-0.39, 0.29) is 17.6 Å². The number of amides is 1. The van der Waals surface area contributed by atoms with Gasteiger partial charge < -0.3 is 4.74 Å². The number of hydrogen-bond acceptors (Lipinski definition) is 2. The Morgan fingerprint density at radius 1 is 1.57 bits per heavy atom. The lowest BCUT2D eigenvalue weighted by atomic mass is 9.85. The number of hydrogen-bond donors (Lipinski definition) is 0. The number of carbonyl (C=O) groups is 1. The molecule has 3 heteroatoms. The molecule has 0 N–H and O–H groups in total. The zero-order chi connectivity index (χ0) is 10.8. The van der Waals surface area contributed by atoms with E-state index in [4.69, 9.17) is 4.74 Å². The second kappa shape index (κ2) is 4.03. The maximum Gasteiger partial charge on any atom is 0.414 e. The molecule has 1 aliphatic heterocycles. The van der Waals surface area contributed by atoms with Crippen LogP contribution in [-0.2, 0) is 4.74 Å². The summed E-state index contributed by atoms with van der Waals surface area (Å²) in [6, 6.07) is 0.224. The van der Waals surface area contributed by atoms with E-state index < -0.39 is 0 Å². The van der Waals surface area contributed by atoms with E-state index in [1.807, 2.05) is 19.2 Å². The minimum absolute atomic E-state index is 0.0935. The fourth-order valence-electron chi connectivity index (χ4n) is 1.68. The van der Waals surface area contributed by atoms with Crippen molar-refractivity contribution < 1.29 is 9.53 Å². The first-order valence-electron chi connectivity index (χ1n) is 5.08. The van der Waals surface area contributed by atoms with Gasteiger partial charge in [0.2, 0.25) is 0 Å². The van der Waals surface area contributed by atoms with Gasteiger partial charge in [0.25, 0.3) is 0 Å². The summed E-state index contributed by atoms with van der Waals surface area (Å²) in [5.41, 5.74) is 0.0935. The average Bonchev–Trinajstić information content (AvgIpc) is 2.50. The lowest BCUT2D eigenvalue weighted by Gasteiger charge is -2.33. The molecule has 0 fully saturated rings. The average molecular weight is 197 g/mol. The minimum atomic E-state index is -0.235. The summed E-state index contributed by atoms with van der Waals surface area (Å²) in [4.78, 5) is 13.3. The first-order valence-corrected chi connectivity index (χ1v) is 5.08. The van der Waals surface area contributed by atoms with Gasteiger partial charge in [0.1, 0.15) is 0 Å². The maximum absolute atomic E-state index is 11.6. The molecule has 1 unspecified atom stereocenters. The molecule has 3 nitrogen and oxygen atoms in total. The Morgan fingerprint density at radius 3 is 2.71 bits per heavy atom. The molecule has 80 valence electrons. The predicted molar refractivity (Wildman–Crippen MR) is 55.9 cm³/mol. The van der Waals surface area contributed by atoms with Crippen molar-refractivity contribution in [3.8, 4) is 0 Å². The fraction of sp³-hybridized carbons (Fsp3) is 0.727. The van der Waals surface area contributed by atoms with Crippen LogP contribution >= 0.6 is 0 Å². The molecule has 0 aromatic heterocycles. The molecule has 0 aromatic carbocycles. The summed E-state index contributed by atoms with van der Waals surface area (Å²) < 4.78 is 4.99. The minimum Gasteiger partial charge on any atom is -0.449 e. The lowest BCUT2D eigenvalue weighted by molar-refractivity contribution is 0.0901. The summed E-state index contributed by atoms with van der Waals surface area (Å²) in [6.07, 6.45) is 4.53. The van der Waals surface area contributed by atoms with Crippen LogP contribution in [0.2, 0.25) is 0 Å². The molecule has 14 heavy (non-hydrogen) atoms. The van der Waals surface area contributed by atoms with Gasteiger partial charge in [-0.05, 0) is 18.8 Å². The molecule has 0 aliphatic carbocycles. The summed E-state index contributed by atoms with van der Waals surface area (Å²) in [6.45, 7) is 8.66. The highest BCUT2D eigenvalue weighted by Gasteiger charge is 2.34. The monoisotopic (exact) mass is 197 g/mol. The maximum atomic E-state index is 11.6. The SMILES string of the molecule is CCOC(=O)N1C=CCC1C(C)(C)C. The molecule has 0 bridgehead atoms. The van der Waals surface area contributed by atoms with Gasteiger partial charge >= 0.3 is 6.09 Å². The summed E-state index contributed by atoms with van der Waals surface area (Å²) in [7, 11) is 0. The highest BCUT2D eigenvalue weighted by molar-refractivity contribution is 5.70. The van der Waals surface area contributed by atoms with Crippen molar-refractivity contribution in [1.82, 2.24) is 4.90 Å². The highest BCUT2D eigenvalue weighted by atomic mass is 16.6. The first-order chi connectivity index (χ1) is 6.46. The van der Waals surface area contributed by atoms with Gasteiger partial charge in [-0.2, -0.15) is 0 Å². The molecule has 1 amide bonds. The number of ether oxygens (including phenoxy) is 1. The largest absolute Gasteiger partial charge is 0.449 e. The molecule has 1 rings (SSSR count). The molecule has 0 radical (unpaired) electrons. The molecule has 0 aromatic rings. The lowest BCUT2D eigenvalue weighted by Crippen LogP contribution is -2.41.